The van der Waals surface area contributed by atoms with Crippen LogP contribution in [0.3, 0.4) is 0 Å². The van der Waals surface area contributed by atoms with Crippen LogP contribution in [0, 0.1) is 5.92 Å². The van der Waals surface area contributed by atoms with Gasteiger partial charge in [0.2, 0.25) is 5.91 Å². The number of thioether (sulfide) groups is 1. The van der Waals surface area contributed by atoms with E-state index in [1.807, 2.05) is 11.8 Å². The Bertz CT molecular complexity index is 472. The van der Waals surface area contributed by atoms with Gasteiger partial charge >= 0.3 is 12.0 Å². The second-order valence-electron chi connectivity index (χ2n) is 6.50. The van der Waals surface area contributed by atoms with Crippen LogP contribution < -0.4 is 16.0 Å². The van der Waals surface area contributed by atoms with Gasteiger partial charge in [-0.05, 0) is 18.8 Å². The number of hydrogen-bond donors (Lipinski definition) is 4. The van der Waals surface area contributed by atoms with E-state index in [0.717, 1.165) is 25.0 Å². The highest BCUT2D eigenvalue weighted by atomic mass is 32.2. The quantitative estimate of drug-likeness (QED) is 0.387. The van der Waals surface area contributed by atoms with Crippen LogP contribution in [0.4, 0.5) is 4.79 Å². The van der Waals surface area contributed by atoms with Crippen LogP contribution in [-0.2, 0) is 9.59 Å². The number of unbranched alkanes of at least 4 members (excludes halogenated alkanes) is 1. The number of nitrogens with one attached hydrogen (secondary N) is 3. The number of carboxylic acids is 1. The Hall–Kier alpha value is -1.44. The monoisotopic (exact) mass is 343 g/mol. The Balaban J connectivity index is 1.64. The van der Waals surface area contributed by atoms with Crippen molar-refractivity contribution in [2.24, 2.45) is 5.92 Å². The van der Waals surface area contributed by atoms with Crippen LogP contribution in [-0.4, -0.2) is 52.1 Å². The number of carboxylic acid groups (broad SMARTS) is 1. The zero-order chi connectivity index (χ0) is 17.0. The summed E-state index contributed by atoms with van der Waals surface area (Å²) in [6.07, 6.45) is 2.91. The maximum absolute atomic E-state index is 11.8. The molecule has 0 spiro atoms. The summed E-state index contributed by atoms with van der Waals surface area (Å²) < 4.78 is 0. The van der Waals surface area contributed by atoms with Gasteiger partial charge in [-0.25, -0.2) is 9.59 Å². The standard InChI is InChI=1S/C15H25N3O4S/c1-8(2)12(14(20)21)17-11(19)6-4-3-5-10-13-9(7-23-10)16-15(22)18-13/h8-10,12-13H,3-7H2,1-2H3,(H,17,19)(H,20,21)(H2,16,18,22)/t9-,10-,12+,13-/m0/s1. The first kappa shape index (κ1) is 17.9. The summed E-state index contributed by atoms with van der Waals surface area (Å²) in [5, 5.41) is 17.9. The van der Waals surface area contributed by atoms with Crippen molar-refractivity contribution in [2.75, 3.05) is 5.75 Å². The number of hydrogen-bond acceptors (Lipinski definition) is 4. The molecule has 0 unspecified atom stereocenters. The molecule has 0 aromatic heterocycles. The molecule has 4 atom stereocenters. The first-order valence-corrected chi connectivity index (χ1v) is 9.14. The smallest absolute Gasteiger partial charge is 0.326 e. The fourth-order valence-electron chi connectivity index (χ4n) is 3.03. The van der Waals surface area contributed by atoms with Gasteiger partial charge in [0, 0.05) is 17.4 Å². The highest BCUT2D eigenvalue weighted by molar-refractivity contribution is 8.00. The van der Waals surface area contributed by atoms with Crippen molar-refractivity contribution in [1.82, 2.24) is 16.0 Å². The molecular formula is C15H25N3O4S. The van der Waals surface area contributed by atoms with Gasteiger partial charge in [-0.3, -0.25) is 4.79 Å². The Morgan fingerprint density at radius 1 is 1.35 bits per heavy atom. The topological polar surface area (TPSA) is 108 Å². The van der Waals surface area contributed by atoms with E-state index in [2.05, 4.69) is 16.0 Å². The van der Waals surface area contributed by atoms with Crippen molar-refractivity contribution in [3.63, 3.8) is 0 Å². The van der Waals surface area contributed by atoms with Crippen molar-refractivity contribution < 1.29 is 19.5 Å². The zero-order valence-electron chi connectivity index (χ0n) is 13.5. The molecule has 2 saturated heterocycles. The Labute approximate surface area is 140 Å². The first-order chi connectivity index (χ1) is 10.9. The minimum absolute atomic E-state index is 0.0851. The number of carbonyl (C=O) groups is 3. The Morgan fingerprint density at radius 3 is 2.74 bits per heavy atom. The molecule has 130 valence electrons. The van der Waals surface area contributed by atoms with E-state index in [1.165, 1.54) is 0 Å². The van der Waals surface area contributed by atoms with Crippen molar-refractivity contribution in [3.05, 3.63) is 0 Å². The Kier molecular flexibility index (Phi) is 6.15. The lowest BCUT2D eigenvalue weighted by molar-refractivity contribution is -0.143. The van der Waals surface area contributed by atoms with Crippen molar-refractivity contribution in [1.29, 1.82) is 0 Å². The number of carbonyl (C=O) groups excluding carboxylic acids is 2. The SMILES string of the molecule is CC(C)[C@@H](NC(=O)CCCC[C@@H]1SC[C@@H]2NC(=O)N[C@@H]21)C(=O)O. The van der Waals surface area contributed by atoms with E-state index in [9.17, 15) is 14.4 Å². The van der Waals surface area contributed by atoms with Gasteiger partial charge in [0.15, 0.2) is 0 Å². The summed E-state index contributed by atoms with van der Waals surface area (Å²) in [5.41, 5.74) is 0. The number of rotatable bonds is 8. The van der Waals surface area contributed by atoms with Gasteiger partial charge < -0.3 is 21.1 Å². The van der Waals surface area contributed by atoms with Gasteiger partial charge in [0.25, 0.3) is 0 Å². The van der Waals surface area contributed by atoms with E-state index >= 15 is 0 Å². The number of aliphatic carboxylic acids is 1. The van der Waals surface area contributed by atoms with Gasteiger partial charge in [0.05, 0.1) is 12.1 Å². The lowest BCUT2D eigenvalue weighted by Crippen LogP contribution is -2.44. The largest absolute Gasteiger partial charge is 0.480 e. The molecule has 3 amide bonds. The average Bonchev–Trinajstić information content (AvgIpc) is 3.00. The second kappa shape index (κ2) is 7.90. The summed E-state index contributed by atoms with van der Waals surface area (Å²) >= 11 is 1.86. The number of fused-ring (bicyclic) bond motifs is 1. The van der Waals surface area contributed by atoms with E-state index in [4.69, 9.17) is 5.11 Å². The molecule has 0 aliphatic carbocycles. The van der Waals surface area contributed by atoms with Crippen LogP contribution in [0.5, 0.6) is 0 Å². The molecule has 23 heavy (non-hydrogen) atoms. The van der Waals surface area contributed by atoms with E-state index in [-0.39, 0.29) is 29.9 Å². The van der Waals surface area contributed by atoms with E-state index in [0.29, 0.717) is 11.7 Å². The summed E-state index contributed by atoms with van der Waals surface area (Å²) in [6.45, 7) is 3.55. The molecule has 0 saturated carbocycles. The normalized spacial score (nSPS) is 27.3. The minimum atomic E-state index is -0.994. The average molecular weight is 343 g/mol. The molecule has 0 radical (unpaired) electrons. The number of amides is 3. The van der Waals surface area contributed by atoms with Crippen molar-refractivity contribution in [2.45, 2.75) is 62.9 Å². The maximum atomic E-state index is 11.8. The highest BCUT2D eigenvalue weighted by Crippen LogP contribution is 2.33. The van der Waals surface area contributed by atoms with Gasteiger partial charge in [-0.1, -0.05) is 20.3 Å². The third-order valence-corrected chi connectivity index (χ3v) is 5.84. The van der Waals surface area contributed by atoms with Crippen molar-refractivity contribution in [3.8, 4) is 0 Å². The van der Waals surface area contributed by atoms with Crippen LogP contribution in [0.1, 0.15) is 39.5 Å². The van der Waals surface area contributed by atoms with Crippen molar-refractivity contribution >= 4 is 29.7 Å². The van der Waals surface area contributed by atoms with Gasteiger partial charge in [-0.2, -0.15) is 11.8 Å². The Morgan fingerprint density at radius 2 is 2.09 bits per heavy atom. The third kappa shape index (κ3) is 4.76. The third-order valence-electron chi connectivity index (χ3n) is 4.33. The zero-order valence-corrected chi connectivity index (χ0v) is 14.3. The van der Waals surface area contributed by atoms with Gasteiger partial charge in [-0.15, -0.1) is 0 Å². The predicted molar refractivity (Wildman–Crippen MR) is 88.4 cm³/mol. The highest BCUT2D eigenvalue weighted by Gasteiger charge is 2.42. The molecule has 7 nitrogen and oxygen atoms in total. The molecule has 0 aromatic rings. The summed E-state index contributed by atoms with van der Waals surface area (Å²) in [7, 11) is 0. The fourth-order valence-corrected chi connectivity index (χ4v) is 4.58. The maximum Gasteiger partial charge on any atom is 0.326 e. The molecule has 2 rings (SSSR count). The fraction of sp³-hybridized carbons (Fsp3) is 0.800. The molecular weight excluding hydrogens is 318 g/mol. The molecule has 2 heterocycles. The number of urea groups is 1. The summed E-state index contributed by atoms with van der Waals surface area (Å²) in [6, 6.07) is -0.492. The summed E-state index contributed by atoms with van der Waals surface area (Å²) in [5.74, 6) is -0.407. The molecule has 2 aliphatic rings. The second-order valence-corrected chi connectivity index (χ2v) is 7.77. The molecule has 0 aromatic carbocycles. The molecule has 0 bridgehead atoms. The first-order valence-electron chi connectivity index (χ1n) is 8.09. The van der Waals surface area contributed by atoms with Crippen LogP contribution >= 0.6 is 11.8 Å². The minimum Gasteiger partial charge on any atom is -0.480 e. The molecule has 2 fully saturated rings. The summed E-state index contributed by atoms with van der Waals surface area (Å²) in [4.78, 5) is 34.2. The molecule has 8 heteroatoms. The predicted octanol–water partition coefficient (Wildman–Crippen LogP) is 0.938. The lowest BCUT2D eigenvalue weighted by Gasteiger charge is -2.18. The van der Waals surface area contributed by atoms with Crippen LogP contribution in [0.15, 0.2) is 0 Å². The van der Waals surface area contributed by atoms with E-state index in [1.54, 1.807) is 13.8 Å². The van der Waals surface area contributed by atoms with Gasteiger partial charge in [0.1, 0.15) is 6.04 Å². The molecule has 2 aliphatic heterocycles. The lowest BCUT2D eigenvalue weighted by atomic mass is 10.0. The van der Waals surface area contributed by atoms with E-state index < -0.39 is 12.0 Å². The molecule has 4 N–H and O–H groups in total. The van der Waals surface area contributed by atoms with Crippen LogP contribution in [0.25, 0.3) is 0 Å². The van der Waals surface area contributed by atoms with Crippen LogP contribution in [0.2, 0.25) is 0 Å².